The number of dihydropyridines is 1. The van der Waals surface area contributed by atoms with Crippen LogP contribution in [0.1, 0.15) is 53.4 Å². The van der Waals surface area contributed by atoms with E-state index >= 15 is 0 Å². The molecule has 2 heteroatoms. The topological polar surface area (TPSA) is 12.0 Å². The standard InChI is InChI=1S/C20H29NS/c1-5-6-17-11-19(20-13-21-10-9-14(20)2)12-18(16(17)4)8-7-15(3)22/h9-12,16,18,21H,5-8,13H2,1-4H3/t16?,18-/m0/s1. The second-order valence-electron chi connectivity index (χ2n) is 6.66. The van der Waals surface area contributed by atoms with Crippen molar-refractivity contribution in [2.75, 3.05) is 6.54 Å². The molecule has 0 fully saturated rings. The fraction of sp³-hybridized carbons (Fsp3) is 0.550. The van der Waals surface area contributed by atoms with Crippen molar-refractivity contribution in [1.82, 2.24) is 5.32 Å². The van der Waals surface area contributed by atoms with E-state index in [2.05, 4.69) is 57.4 Å². The maximum Gasteiger partial charge on any atom is 0.0403 e. The van der Waals surface area contributed by atoms with Crippen LogP contribution >= 0.6 is 12.2 Å². The highest BCUT2D eigenvalue weighted by Crippen LogP contribution is 2.37. The van der Waals surface area contributed by atoms with Crippen LogP contribution in [0.5, 0.6) is 0 Å². The first-order valence-corrected chi connectivity index (χ1v) is 8.95. The van der Waals surface area contributed by atoms with Gasteiger partial charge in [-0.25, -0.2) is 0 Å². The molecular formula is C20H29NS. The first kappa shape index (κ1) is 17.2. The average Bonchev–Trinajstić information content (AvgIpc) is 2.48. The Morgan fingerprint density at radius 1 is 1.41 bits per heavy atom. The molecule has 1 aliphatic carbocycles. The van der Waals surface area contributed by atoms with Gasteiger partial charge in [-0.05, 0) is 78.8 Å². The fourth-order valence-electron chi connectivity index (χ4n) is 3.42. The minimum absolute atomic E-state index is 0.616. The van der Waals surface area contributed by atoms with Crippen LogP contribution in [0.4, 0.5) is 0 Å². The highest BCUT2D eigenvalue weighted by atomic mass is 32.1. The zero-order chi connectivity index (χ0) is 16.1. The van der Waals surface area contributed by atoms with E-state index in [0.717, 1.165) is 17.8 Å². The highest BCUT2D eigenvalue weighted by molar-refractivity contribution is 7.80. The summed E-state index contributed by atoms with van der Waals surface area (Å²) < 4.78 is 0. The molecule has 0 radical (unpaired) electrons. The molecule has 1 nitrogen and oxygen atoms in total. The van der Waals surface area contributed by atoms with Gasteiger partial charge in [0.2, 0.25) is 0 Å². The van der Waals surface area contributed by atoms with Crippen molar-refractivity contribution in [2.24, 2.45) is 11.8 Å². The van der Waals surface area contributed by atoms with E-state index in [1.807, 2.05) is 0 Å². The van der Waals surface area contributed by atoms with Crippen LogP contribution in [0, 0.1) is 11.8 Å². The minimum atomic E-state index is 0.616. The van der Waals surface area contributed by atoms with Crippen molar-refractivity contribution >= 4 is 17.1 Å². The lowest BCUT2D eigenvalue weighted by Gasteiger charge is -2.30. The molecule has 120 valence electrons. The Hall–Kier alpha value is -1.15. The van der Waals surface area contributed by atoms with Gasteiger partial charge >= 0.3 is 0 Å². The number of thiocarbonyl (C=S) groups is 1. The largest absolute Gasteiger partial charge is 0.387 e. The first-order valence-electron chi connectivity index (χ1n) is 8.54. The molecule has 2 atom stereocenters. The van der Waals surface area contributed by atoms with Gasteiger partial charge in [-0.3, -0.25) is 0 Å². The van der Waals surface area contributed by atoms with Gasteiger partial charge in [0, 0.05) is 6.54 Å². The van der Waals surface area contributed by atoms with E-state index in [1.165, 1.54) is 36.0 Å². The van der Waals surface area contributed by atoms with Gasteiger partial charge in [0.15, 0.2) is 0 Å². The highest BCUT2D eigenvalue weighted by Gasteiger charge is 2.24. The third kappa shape index (κ3) is 4.19. The summed E-state index contributed by atoms with van der Waals surface area (Å²) in [6, 6.07) is 0. The molecule has 0 saturated carbocycles. The van der Waals surface area contributed by atoms with Crippen LogP contribution < -0.4 is 5.32 Å². The summed E-state index contributed by atoms with van der Waals surface area (Å²) in [5, 5.41) is 3.36. The molecule has 1 aliphatic heterocycles. The van der Waals surface area contributed by atoms with Crippen LogP contribution in [0.2, 0.25) is 0 Å². The molecule has 2 aliphatic rings. The summed E-state index contributed by atoms with van der Waals surface area (Å²) in [6.07, 6.45) is 13.9. The fourth-order valence-corrected chi connectivity index (χ4v) is 3.54. The number of hydrogen-bond acceptors (Lipinski definition) is 2. The molecule has 0 saturated heterocycles. The normalized spacial score (nSPS) is 24.7. The molecule has 0 bridgehead atoms. The zero-order valence-electron chi connectivity index (χ0n) is 14.4. The smallest absolute Gasteiger partial charge is 0.0403 e. The van der Waals surface area contributed by atoms with Crippen LogP contribution in [-0.4, -0.2) is 11.4 Å². The van der Waals surface area contributed by atoms with Gasteiger partial charge in [0.05, 0.1) is 0 Å². The van der Waals surface area contributed by atoms with Gasteiger partial charge in [-0.15, -0.1) is 0 Å². The van der Waals surface area contributed by atoms with E-state index in [1.54, 1.807) is 5.57 Å². The molecule has 0 aromatic rings. The maximum absolute atomic E-state index is 5.29. The Kier molecular flexibility index (Phi) is 6.19. The SMILES string of the molecule is CCCC1=CC(C2=C(C)C=CNC2)=C[C@H](CCC(C)=S)C1C. The van der Waals surface area contributed by atoms with Crippen molar-refractivity contribution in [2.45, 2.75) is 53.4 Å². The molecule has 0 amide bonds. The number of allylic oxidation sites excluding steroid dienone is 5. The maximum atomic E-state index is 5.29. The van der Waals surface area contributed by atoms with Crippen molar-refractivity contribution < 1.29 is 0 Å². The Bertz CT molecular complexity index is 548. The van der Waals surface area contributed by atoms with Gasteiger partial charge in [0.1, 0.15) is 0 Å². The lowest BCUT2D eigenvalue weighted by molar-refractivity contribution is 0.443. The summed E-state index contributed by atoms with van der Waals surface area (Å²) in [4.78, 5) is 1.13. The number of rotatable bonds is 6. The molecule has 0 aromatic heterocycles. The van der Waals surface area contributed by atoms with Crippen molar-refractivity contribution in [3.05, 3.63) is 46.7 Å². The van der Waals surface area contributed by atoms with E-state index in [-0.39, 0.29) is 0 Å². The summed E-state index contributed by atoms with van der Waals surface area (Å²) >= 11 is 5.29. The van der Waals surface area contributed by atoms with Gasteiger partial charge in [0.25, 0.3) is 0 Å². The molecule has 22 heavy (non-hydrogen) atoms. The predicted octanol–water partition coefficient (Wildman–Crippen LogP) is 5.51. The van der Waals surface area contributed by atoms with Crippen LogP contribution in [0.25, 0.3) is 0 Å². The molecule has 1 heterocycles. The predicted molar refractivity (Wildman–Crippen MR) is 101 cm³/mol. The zero-order valence-corrected chi connectivity index (χ0v) is 15.2. The first-order chi connectivity index (χ1) is 10.5. The van der Waals surface area contributed by atoms with E-state index < -0.39 is 0 Å². The minimum Gasteiger partial charge on any atom is -0.387 e. The Labute approximate surface area is 141 Å². The molecule has 0 spiro atoms. The van der Waals surface area contributed by atoms with Crippen molar-refractivity contribution in [3.63, 3.8) is 0 Å². The molecule has 2 rings (SSSR count). The van der Waals surface area contributed by atoms with Crippen molar-refractivity contribution in [1.29, 1.82) is 0 Å². The average molecular weight is 316 g/mol. The molecule has 1 unspecified atom stereocenters. The van der Waals surface area contributed by atoms with Gasteiger partial charge in [-0.2, -0.15) is 0 Å². The number of nitrogens with one attached hydrogen (secondary N) is 1. The monoisotopic (exact) mass is 315 g/mol. The molecule has 0 aromatic carbocycles. The summed E-state index contributed by atoms with van der Waals surface area (Å²) in [5.41, 5.74) is 5.88. The summed E-state index contributed by atoms with van der Waals surface area (Å²) in [5.74, 6) is 1.26. The van der Waals surface area contributed by atoms with E-state index in [9.17, 15) is 0 Å². The Morgan fingerprint density at radius 2 is 2.18 bits per heavy atom. The van der Waals surface area contributed by atoms with E-state index in [0.29, 0.717) is 11.8 Å². The Morgan fingerprint density at radius 3 is 2.82 bits per heavy atom. The quantitative estimate of drug-likeness (QED) is 0.649. The summed E-state index contributed by atoms with van der Waals surface area (Å²) in [6.45, 7) is 9.89. The third-order valence-corrected chi connectivity index (χ3v) is 5.09. The third-order valence-electron chi connectivity index (χ3n) is 4.88. The Balaban J connectivity index is 2.30. The lowest BCUT2D eigenvalue weighted by atomic mass is 9.75. The van der Waals surface area contributed by atoms with Gasteiger partial charge in [-0.1, -0.05) is 50.2 Å². The van der Waals surface area contributed by atoms with Crippen LogP contribution in [0.15, 0.2) is 46.7 Å². The molecular weight excluding hydrogens is 286 g/mol. The number of hydrogen-bond donors (Lipinski definition) is 1. The van der Waals surface area contributed by atoms with Crippen LogP contribution in [0.3, 0.4) is 0 Å². The second kappa shape index (κ2) is 7.92. The molecule has 1 N–H and O–H groups in total. The van der Waals surface area contributed by atoms with Crippen LogP contribution in [-0.2, 0) is 0 Å². The van der Waals surface area contributed by atoms with Crippen molar-refractivity contribution in [3.8, 4) is 0 Å². The van der Waals surface area contributed by atoms with E-state index in [4.69, 9.17) is 12.2 Å². The second-order valence-corrected chi connectivity index (χ2v) is 7.36. The lowest BCUT2D eigenvalue weighted by Crippen LogP contribution is -2.21. The summed E-state index contributed by atoms with van der Waals surface area (Å²) in [7, 11) is 0. The van der Waals surface area contributed by atoms with Gasteiger partial charge < -0.3 is 5.32 Å².